The molecule has 0 aliphatic carbocycles. The van der Waals surface area contributed by atoms with Gasteiger partial charge in [-0.3, -0.25) is 4.79 Å². The standard InChI is InChI=1S/C36H62O9/c1-3-5-6-7-8-9-10-11-12-13-14-15-16-17-18-19-20-21-22-23-24-25-26-42-28-30(44-32(38)4-2)29-43-36-35(41)34(40)33(39)31(27-37)45-36/h5-6,8-9,11-12,14-15,30-31,33-37,39-41H,3-4,7,10,13,16-29H2,1-2H3/b6-5-,9-8-,12-11-,15-14-. The molecule has 0 radical (unpaired) electrons. The number of carbonyl (C=O) groups excluding carboxylic acids is 1. The zero-order chi connectivity index (χ0) is 33.0. The SMILES string of the molecule is CC/C=C\C/C=C\C/C=C\C/C=C\CCCCCCCCCCCOCC(COC1OC(CO)C(O)C(O)C1O)OC(=O)CC. The maximum absolute atomic E-state index is 11.8. The predicted molar refractivity (Wildman–Crippen MR) is 178 cm³/mol. The van der Waals surface area contributed by atoms with Crippen molar-refractivity contribution in [1.29, 1.82) is 0 Å². The zero-order valence-corrected chi connectivity index (χ0v) is 27.8. The van der Waals surface area contributed by atoms with Gasteiger partial charge in [-0.1, -0.05) is 107 Å². The van der Waals surface area contributed by atoms with Crippen LogP contribution in [0.15, 0.2) is 48.6 Å². The van der Waals surface area contributed by atoms with Crippen LogP contribution in [0.2, 0.25) is 0 Å². The van der Waals surface area contributed by atoms with Gasteiger partial charge in [0.15, 0.2) is 6.29 Å². The Kier molecular flexibility index (Phi) is 26.0. The second-order valence-corrected chi connectivity index (χ2v) is 11.5. The summed E-state index contributed by atoms with van der Waals surface area (Å²) < 4.78 is 22.0. The zero-order valence-electron chi connectivity index (χ0n) is 27.8. The number of unbranched alkanes of at least 4 members (excludes halogenated alkanes) is 9. The van der Waals surface area contributed by atoms with Crippen molar-refractivity contribution in [3.05, 3.63) is 48.6 Å². The Bertz CT molecular complexity index is 823. The Morgan fingerprint density at radius 1 is 0.711 bits per heavy atom. The van der Waals surface area contributed by atoms with E-state index in [-0.39, 0.29) is 19.6 Å². The number of carbonyl (C=O) groups is 1. The minimum Gasteiger partial charge on any atom is -0.457 e. The average Bonchev–Trinajstić information content (AvgIpc) is 3.04. The molecule has 0 spiro atoms. The third-order valence-electron chi connectivity index (χ3n) is 7.56. The van der Waals surface area contributed by atoms with Gasteiger partial charge in [0.1, 0.15) is 30.5 Å². The summed E-state index contributed by atoms with van der Waals surface area (Å²) in [5.41, 5.74) is 0. The molecule has 9 heteroatoms. The minimum atomic E-state index is -1.53. The van der Waals surface area contributed by atoms with Crippen molar-refractivity contribution in [2.45, 2.75) is 147 Å². The molecule has 6 unspecified atom stereocenters. The molecule has 1 saturated heterocycles. The first-order valence-electron chi connectivity index (χ1n) is 17.2. The number of aliphatic hydroxyl groups is 4. The molecule has 1 aliphatic rings. The van der Waals surface area contributed by atoms with Crippen molar-refractivity contribution in [2.75, 3.05) is 26.4 Å². The molecule has 1 aliphatic heterocycles. The van der Waals surface area contributed by atoms with Crippen molar-refractivity contribution in [2.24, 2.45) is 0 Å². The molecule has 1 heterocycles. The highest BCUT2D eigenvalue weighted by Gasteiger charge is 2.44. The van der Waals surface area contributed by atoms with Crippen LogP contribution < -0.4 is 0 Å². The number of rotatable bonds is 27. The number of hydrogen-bond donors (Lipinski definition) is 4. The molecular weight excluding hydrogens is 576 g/mol. The Hall–Kier alpha value is -1.85. The summed E-state index contributed by atoms with van der Waals surface area (Å²) in [6.45, 7) is 3.83. The van der Waals surface area contributed by atoms with Gasteiger partial charge in [-0.25, -0.2) is 0 Å². The fourth-order valence-electron chi connectivity index (χ4n) is 4.81. The number of hydrogen-bond acceptors (Lipinski definition) is 9. The summed E-state index contributed by atoms with van der Waals surface area (Å²) >= 11 is 0. The molecule has 0 saturated carbocycles. The van der Waals surface area contributed by atoms with Crippen molar-refractivity contribution < 1.29 is 44.2 Å². The van der Waals surface area contributed by atoms with E-state index in [4.69, 9.17) is 18.9 Å². The topological polar surface area (TPSA) is 135 Å². The van der Waals surface area contributed by atoms with Crippen LogP contribution in [-0.2, 0) is 23.7 Å². The van der Waals surface area contributed by atoms with Gasteiger partial charge in [0.25, 0.3) is 0 Å². The second-order valence-electron chi connectivity index (χ2n) is 11.5. The molecule has 0 bridgehead atoms. The van der Waals surface area contributed by atoms with E-state index < -0.39 is 49.4 Å². The minimum absolute atomic E-state index is 0.127. The number of allylic oxidation sites excluding steroid dienone is 8. The third kappa shape index (κ3) is 20.8. The maximum Gasteiger partial charge on any atom is 0.305 e. The van der Waals surface area contributed by atoms with Crippen LogP contribution in [-0.4, -0.2) is 89.6 Å². The van der Waals surface area contributed by atoms with Gasteiger partial charge in [0, 0.05) is 13.0 Å². The number of esters is 1. The fourth-order valence-corrected chi connectivity index (χ4v) is 4.81. The number of ether oxygens (including phenoxy) is 4. The Morgan fingerprint density at radius 2 is 1.27 bits per heavy atom. The van der Waals surface area contributed by atoms with E-state index in [9.17, 15) is 25.2 Å². The van der Waals surface area contributed by atoms with Crippen molar-refractivity contribution >= 4 is 5.97 Å². The van der Waals surface area contributed by atoms with Gasteiger partial charge in [0.2, 0.25) is 0 Å². The van der Waals surface area contributed by atoms with Crippen molar-refractivity contribution in [3.8, 4) is 0 Å². The van der Waals surface area contributed by atoms with Gasteiger partial charge in [-0.05, 0) is 44.9 Å². The molecule has 0 aromatic rings. The second kappa shape index (κ2) is 28.4. The van der Waals surface area contributed by atoms with Crippen LogP contribution in [0.25, 0.3) is 0 Å². The maximum atomic E-state index is 11.8. The smallest absolute Gasteiger partial charge is 0.305 e. The average molecular weight is 639 g/mol. The summed E-state index contributed by atoms with van der Waals surface area (Å²) in [4.78, 5) is 11.8. The summed E-state index contributed by atoms with van der Waals surface area (Å²) in [5, 5.41) is 39.3. The summed E-state index contributed by atoms with van der Waals surface area (Å²) in [6, 6.07) is 0. The van der Waals surface area contributed by atoms with E-state index in [1.54, 1.807) is 6.92 Å². The van der Waals surface area contributed by atoms with E-state index in [0.717, 1.165) is 44.9 Å². The third-order valence-corrected chi connectivity index (χ3v) is 7.56. The lowest BCUT2D eigenvalue weighted by Crippen LogP contribution is -2.59. The highest BCUT2D eigenvalue weighted by molar-refractivity contribution is 5.69. The van der Waals surface area contributed by atoms with E-state index in [1.807, 2.05) is 0 Å². The first-order chi connectivity index (χ1) is 21.9. The van der Waals surface area contributed by atoms with Crippen LogP contribution in [0.1, 0.15) is 110 Å². The molecule has 9 nitrogen and oxygen atoms in total. The normalized spacial score (nSPS) is 23.2. The largest absolute Gasteiger partial charge is 0.457 e. The van der Waals surface area contributed by atoms with Gasteiger partial charge in [0.05, 0.1) is 19.8 Å². The highest BCUT2D eigenvalue weighted by atomic mass is 16.7. The molecular formula is C36H62O9. The van der Waals surface area contributed by atoms with E-state index in [0.29, 0.717) is 6.61 Å². The lowest BCUT2D eigenvalue weighted by Gasteiger charge is -2.39. The molecule has 1 rings (SSSR count). The lowest BCUT2D eigenvalue weighted by atomic mass is 9.99. The molecule has 45 heavy (non-hydrogen) atoms. The van der Waals surface area contributed by atoms with Crippen LogP contribution in [0, 0.1) is 0 Å². The first-order valence-corrected chi connectivity index (χ1v) is 17.2. The molecule has 6 atom stereocenters. The summed E-state index contributed by atoms with van der Waals surface area (Å²) in [5.74, 6) is -0.407. The van der Waals surface area contributed by atoms with Crippen LogP contribution in [0.5, 0.6) is 0 Å². The van der Waals surface area contributed by atoms with Crippen LogP contribution in [0.3, 0.4) is 0 Å². The molecule has 0 aromatic heterocycles. The van der Waals surface area contributed by atoms with Gasteiger partial charge in [-0.2, -0.15) is 0 Å². The van der Waals surface area contributed by atoms with Crippen molar-refractivity contribution in [1.82, 2.24) is 0 Å². The first kappa shape index (κ1) is 41.2. The Balaban J connectivity index is 2.04. The molecule has 0 aromatic carbocycles. The van der Waals surface area contributed by atoms with Gasteiger partial charge < -0.3 is 39.4 Å². The summed E-state index contributed by atoms with van der Waals surface area (Å²) in [6.07, 6.45) is 26.6. The molecule has 1 fully saturated rings. The lowest BCUT2D eigenvalue weighted by molar-refractivity contribution is -0.305. The van der Waals surface area contributed by atoms with Crippen LogP contribution >= 0.6 is 0 Å². The number of aliphatic hydroxyl groups excluding tert-OH is 4. The predicted octanol–water partition coefficient (Wildman–Crippen LogP) is 5.85. The quantitative estimate of drug-likeness (QED) is 0.0497. The Morgan fingerprint density at radius 3 is 1.84 bits per heavy atom. The summed E-state index contributed by atoms with van der Waals surface area (Å²) in [7, 11) is 0. The molecule has 260 valence electrons. The highest BCUT2D eigenvalue weighted by Crippen LogP contribution is 2.22. The monoisotopic (exact) mass is 638 g/mol. The fraction of sp³-hybridized carbons (Fsp3) is 0.750. The van der Waals surface area contributed by atoms with Crippen molar-refractivity contribution in [3.63, 3.8) is 0 Å². The van der Waals surface area contributed by atoms with Gasteiger partial charge >= 0.3 is 5.97 Å². The van der Waals surface area contributed by atoms with Crippen LogP contribution in [0.4, 0.5) is 0 Å². The molecule has 0 amide bonds. The molecule has 4 N–H and O–H groups in total. The van der Waals surface area contributed by atoms with E-state index in [1.165, 1.54) is 44.9 Å². The van der Waals surface area contributed by atoms with Gasteiger partial charge in [-0.15, -0.1) is 0 Å². The Labute approximate surface area is 272 Å². The van der Waals surface area contributed by atoms with E-state index in [2.05, 4.69) is 55.5 Å². The van der Waals surface area contributed by atoms with E-state index >= 15 is 0 Å².